The molecule has 1 saturated heterocycles. The molecule has 1 aromatic carbocycles. The predicted molar refractivity (Wildman–Crippen MR) is 102 cm³/mol. The molecule has 1 atom stereocenters. The van der Waals surface area contributed by atoms with Gasteiger partial charge in [-0.25, -0.2) is 4.98 Å². The van der Waals surface area contributed by atoms with E-state index in [0.717, 1.165) is 44.1 Å². The number of oxazole rings is 1. The Labute approximate surface area is 159 Å². The van der Waals surface area contributed by atoms with Crippen LogP contribution in [0.5, 0.6) is 0 Å². The molecule has 27 heavy (non-hydrogen) atoms. The van der Waals surface area contributed by atoms with E-state index >= 15 is 0 Å². The van der Waals surface area contributed by atoms with Gasteiger partial charge in [0, 0.05) is 23.7 Å². The maximum absolute atomic E-state index is 12.9. The Morgan fingerprint density at radius 1 is 1.11 bits per heavy atom. The number of rotatable bonds is 4. The number of aromatic nitrogens is 1. The van der Waals surface area contributed by atoms with Crippen LogP contribution >= 0.6 is 0 Å². The summed E-state index contributed by atoms with van der Waals surface area (Å²) in [7, 11) is 0. The van der Waals surface area contributed by atoms with Gasteiger partial charge in [-0.1, -0.05) is 31.4 Å². The SMILES string of the molecule is O=C(Nc1cccc(-c2cnco2)c1)[C@@H]1CCCN1C(=O)C1CCCCC1. The molecule has 1 N–H and O–H groups in total. The van der Waals surface area contributed by atoms with E-state index in [1.54, 1.807) is 6.20 Å². The fourth-order valence-electron chi connectivity index (χ4n) is 4.22. The van der Waals surface area contributed by atoms with Crippen LogP contribution in [0.15, 0.2) is 41.3 Å². The smallest absolute Gasteiger partial charge is 0.247 e. The highest BCUT2D eigenvalue weighted by molar-refractivity contribution is 5.98. The van der Waals surface area contributed by atoms with Crippen molar-refractivity contribution in [3.05, 3.63) is 36.9 Å². The lowest BCUT2D eigenvalue weighted by atomic mass is 9.88. The highest BCUT2D eigenvalue weighted by Crippen LogP contribution is 2.29. The maximum Gasteiger partial charge on any atom is 0.247 e. The average Bonchev–Trinajstić information content (AvgIpc) is 3.40. The van der Waals surface area contributed by atoms with Crippen molar-refractivity contribution in [3.8, 4) is 11.3 Å². The normalized spacial score (nSPS) is 20.6. The molecule has 2 heterocycles. The molecule has 1 saturated carbocycles. The predicted octanol–water partition coefficient (Wildman–Crippen LogP) is 3.85. The fraction of sp³-hybridized carbons (Fsp3) is 0.476. The van der Waals surface area contributed by atoms with Crippen molar-refractivity contribution in [2.24, 2.45) is 5.92 Å². The number of benzene rings is 1. The molecule has 0 radical (unpaired) electrons. The standard InChI is InChI=1S/C21H25N3O3/c25-20(23-17-9-4-8-16(12-17)19-13-22-14-27-19)18-10-5-11-24(18)21(26)15-6-2-1-3-7-15/h4,8-9,12-15,18H,1-3,5-7,10-11H2,(H,23,25)/t18-/m0/s1. The summed E-state index contributed by atoms with van der Waals surface area (Å²) < 4.78 is 5.32. The number of nitrogens with zero attached hydrogens (tertiary/aromatic N) is 2. The summed E-state index contributed by atoms with van der Waals surface area (Å²) in [5.74, 6) is 0.817. The highest BCUT2D eigenvalue weighted by Gasteiger charge is 2.37. The summed E-state index contributed by atoms with van der Waals surface area (Å²) in [4.78, 5) is 31.5. The van der Waals surface area contributed by atoms with Gasteiger partial charge in [-0.2, -0.15) is 0 Å². The molecule has 2 fully saturated rings. The Hall–Kier alpha value is -2.63. The van der Waals surface area contributed by atoms with E-state index in [4.69, 9.17) is 4.42 Å². The van der Waals surface area contributed by atoms with Gasteiger partial charge in [-0.05, 0) is 37.8 Å². The molecular weight excluding hydrogens is 342 g/mol. The Kier molecular flexibility index (Phi) is 5.23. The Bertz CT molecular complexity index is 797. The molecule has 0 unspecified atom stereocenters. The molecule has 2 aliphatic rings. The number of likely N-dealkylation sites (tertiary alicyclic amines) is 1. The van der Waals surface area contributed by atoms with Gasteiger partial charge in [0.05, 0.1) is 6.20 Å². The minimum Gasteiger partial charge on any atom is -0.444 e. The van der Waals surface area contributed by atoms with Crippen molar-refractivity contribution in [3.63, 3.8) is 0 Å². The third-order valence-electron chi connectivity index (χ3n) is 5.64. The first kappa shape index (κ1) is 17.8. The van der Waals surface area contributed by atoms with E-state index in [-0.39, 0.29) is 23.8 Å². The van der Waals surface area contributed by atoms with Crippen molar-refractivity contribution >= 4 is 17.5 Å². The number of hydrogen-bond donors (Lipinski definition) is 1. The second-order valence-corrected chi connectivity index (χ2v) is 7.46. The topological polar surface area (TPSA) is 75.4 Å². The minimum atomic E-state index is -0.367. The minimum absolute atomic E-state index is 0.0990. The lowest BCUT2D eigenvalue weighted by Gasteiger charge is -2.30. The van der Waals surface area contributed by atoms with E-state index in [0.29, 0.717) is 18.0 Å². The average molecular weight is 367 g/mol. The van der Waals surface area contributed by atoms with Gasteiger partial charge in [-0.15, -0.1) is 0 Å². The number of amides is 2. The fourth-order valence-corrected chi connectivity index (χ4v) is 4.22. The van der Waals surface area contributed by atoms with Crippen molar-refractivity contribution in [1.29, 1.82) is 0 Å². The highest BCUT2D eigenvalue weighted by atomic mass is 16.3. The van der Waals surface area contributed by atoms with Gasteiger partial charge in [-0.3, -0.25) is 9.59 Å². The number of anilines is 1. The largest absolute Gasteiger partial charge is 0.444 e. The Morgan fingerprint density at radius 2 is 1.96 bits per heavy atom. The molecule has 0 bridgehead atoms. The van der Waals surface area contributed by atoms with E-state index in [1.807, 2.05) is 29.2 Å². The molecule has 142 valence electrons. The summed E-state index contributed by atoms with van der Waals surface area (Å²) in [6, 6.07) is 7.12. The molecule has 6 heteroatoms. The van der Waals surface area contributed by atoms with Crippen LogP contribution in [0.2, 0.25) is 0 Å². The van der Waals surface area contributed by atoms with Gasteiger partial charge in [0.2, 0.25) is 11.8 Å². The van der Waals surface area contributed by atoms with Crippen LogP contribution in [-0.2, 0) is 9.59 Å². The van der Waals surface area contributed by atoms with Gasteiger partial charge in [0.15, 0.2) is 12.2 Å². The van der Waals surface area contributed by atoms with Gasteiger partial charge in [0.1, 0.15) is 6.04 Å². The summed E-state index contributed by atoms with van der Waals surface area (Å²) in [5, 5.41) is 2.98. The zero-order chi connectivity index (χ0) is 18.6. The number of carbonyl (C=O) groups is 2. The molecule has 4 rings (SSSR count). The van der Waals surface area contributed by atoms with E-state index in [1.165, 1.54) is 12.8 Å². The van der Waals surface area contributed by atoms with Crippen LogP contribution in [0, 0.1) is 5.92 Å². The summed E-state index contributed by atoms with van der Waals surface area (Å²) >= 11 is 0. The lowest BCUT2D eigenvalue weighted by Crippen LogP contribution is -2.46. The first-order chi connectivity index (χ1) is 13.2. The molecule has 1 aromatic heterocycles. The first-order valence-corrected chi connectivity index (χ1v) is 9.82. The Morgan fingerprint density at radius 3 is 2.74 bits per heavy atom. The molecule has 1 aliphatic carbocycles. The molecule has 0 spiro atoms. The first-order valence-electron chi connectivity index (χ1n) is 9.82. The second kappa shape index (κ2) is 7.94. The third-order valence-corrected chi connectivity index (χ3v) is 5.64. The third kappa shape index (κ3) is 3.89. The Balaban J connectivity index is 1.44. The van der Waals surface area contributed by atoms with Crippen molar-refractivity contribution in [2.75, 3.05) is 11.9 Å². The molecule has 2 aromatic rings. The summed E-state index contributed by atoms with van der Waals surface area (Å²) in [6.45, 7) is 0.686. The summed E-state index contributed by atoms with van der Waals surface area (Å²) in [5.41, 5.74) is 1.55. The van der Waals surface area contributed by atoms with Crippen LogP contribution in [0.3, 0.4) is 0 Å². The van der Waals surface area contributed by atoms with E-state index in [2.05, 4.69) is 10.3 Å². The second-order valence-electron chi connectivity index (χ2n) is 7.46. The molecular formula is C21H25N3O3. The monoisotopic (exact) mass is 367 g/mol. The van der Waals surface area contributed by atoms with Crippen LogP contribution < -0.4 is 5.32 Å². The molecule has 6 nitrogen and oxygen atoms in total. The van der Waals surface area contributed by atoms with Gasteiger partial charge < -0.3 is 14.6 Å². The van der Waals surface area contributed by atoms with Crippen LogP contribution in [0.1, 0.15) is 44.9 Å². The quantitative estimate of drug-likeness (QED) is 0.890. The number of nitrogens with one attached hydrogen (secondary N) is 1. The van der Waals surface area contributed by atoms with Crippen LogP contribution in [0.25, 0.3) is 11.3 Å². The van der Waals surface area contributed by atoms with Gasteiger partial charge in [0.25, 0.3) is 0 Å². The van der Waals surface area contributed by atoms with E-state index < -0.39 is 0 Å². The van der Waals surface area contributed by atoms with Crippen molar-refractivity contribution in [1.82, 2.24) is 9.88 Å². The number of hydrogen-bond acceptors (Lipinski definition) is 4. The molecule has 2 amide bonds. The zero-order valence-corrected chi connectivity index (χ0v) is 15.4. The van der Waals surface area contributed by atoms with Crippen LogP contribution in [0.4, 0.5) is 5.69 Å². The van der Waals surface area contributed by atoms with E-state index in [9.17, 15) is 9.59 Å². The van der Waals surface area contributed by atoms with Crippen LogP contribution in [-0.4, -0.2) is 34.3 Å². The maximum atomic E-state index is 12.9. The summed E-state index contributed by atoms with van der Waals surface area (Å²) in [6.07, 6.45) is 10.0. The van der Waals surface area contributed by atoms with Crippen molar-refractivity contribution < 1.29 is 14.0 Å². The molecule has 1 aliphatic heterocycles. The van der Waals surface area contributed by atoms with Gasteiger partial charge >= 0.3 is 0 Å². The lowest BCUT2D eigenvalue weighted by molar-refractivity contribution is -0.141. The number of carbonyl (C=O) groups excluding carboxylic acids is 2. The zero-order valence-electron chi connectivity index (χ0n) is 15.4. The van der Waals surface area contributed by atoms with Crippen molar-refractivity contribution in [2.45, 2.75) is 51.0 Å².